The van der Waals surface area contributed by atoms with Crippen molar-refractivity contribution in [2.45, 2.75) is 25.9 Å². The van der Waals surface area contributed by atoms with Crippen molar-refractivity contribution in [2.24, 2.45) is 0 Å². The van der Waals surface area contributed by atoms with Crippen LogP contribution in [0.4, 0.5) is 9.18 Å². The third kappa shape index (κ3) is 5.23. The van der Waals surface area contributed by atoms with Crippen molar-refractivity contribution in [1.82, 2.24) is 20.0 Å². The number of nitrogens with one attached hydrogen (secondary N) is 1. The highest BCUT2D eigenvalue weighted by molar-refractivity contribution is 7.08. The van der Waals surface area contributed by atoms with Gasteiger partial charge in [-0.2, -0.15) is 11.3 Å². The second-order valence-corrected chi connectivity index (χ2v) is 9.45. The molecule has 8 nitrogen and oxygen atoms in total. The number of carbonyl (C=O) groups excluding carboxylic acids is 3. The van der Waals surface area contributed by atoms with Gasteiger partial charge >= 0.3 is 12.0 Å². The molecule has 1 aromatic heterocycles. The van der Waals surface area contributed by atoms with Crippen LogP contribution in [0.25, 0.3) is 0 Å². The Kier molecular flexibility index (Phi) is 7.51. The van der Waals surface area contributed by atoms with Gasteiger partial charge in [0.05, 0.1) is 18.2 Å². The van der Waals surface area contributed by atoms with Gasteiger partial charge in [-0.25, -0.2) is 14.0 Å². The number of hydrogen-bond acceptors (Lipinski definition) is 6. The van der Waals surface area contributed by atoms with Gasteiger partial charge in [-0.15, -0.1) is 0 Å². The van der Waals surface area contributed by atoms with E-state index in [0.717, 1.165) is 5.56 Å². The molecule has 2 atom stereocenters. The maximum absolute atomic E-state index is 13.6. The van der Waals surface area contributed by atoms with E-state index in [1.165, 1.54) is 34.4 Å². The van der Waals surface area contributed by atoms with E-state index in [-0.39, 0.29) is 24.6 Å². The van der Waals surface area contributed by atoms with Crippen LogP contribution in [0.5, 0.6) is 0 Å². The Bertz CT molecular complexity index is 1140. The van der Waals surface area contributed by atoms with E-state index in [4.69, 9.17) is 4.74 Å². The highest BCUT2D eigenvalue weighted by atomic mass is 32.1. The summed E-state index contributed by atoms with van der Waals surface area (Å²) in [5.74, 6) is -1.12. The number of halogens is 1. The smallest absolute Gasteiger partial charge is 0.338 e. The first-order chi connectivity index (χ1) is 16.8. The zero-order valence-corrected chi connectivity index (χ0v) is 20.8. The summed E-state index contributed by atoms with van der Waals surface area (Å²) in [6, 6.07) is 6.56. The van der Waals surface area contributed by atoms with E-state index >= 15 is 0 Å². The van der Waals surface area contributed by atoms with Crippen LogP contribution in [0.2, 0.25) is 0 Å². The predicted octanol–water partition coefficient (Wildman–Crippen LogP) is 3.25. The van der Waals surface area contributed by atoms with Crippen LogP contribution in [0, 0.1) is 5.82 Å². The van der Waals surface area contributed by atoms with E-state index in [0.29, 0.717) is 43.0 Å². The summed E-state index contributed by atoms with van der Waals surface area (Å²) in [6.07, 6.45) is 0. The third-order valence-corrected chi connectivity index (χ3v) is 7.07. The number of rotatable bonds is 6. The molecule has 0 spiro atoms. The van der Waals surface area contributed by atoms with Gasteiger partial charge in [0.1, 0.15) is 5.82 Å². The molecule has 2 aliphatic rings. The first-order valence-corrected chi connectivity index (χ1v) is 12.5. The number of ether oxygens (including phenoxy) is 1. The zero-order valence-electron chi connectivity index (χ0n) is 20.0. The number of likely N-dealkylation sites (N-methyl/N-ethyl adjacent to an activating group) is 1. The van der Waals surface area contributed by atoms with Gasteiger partial charge in [0.2, 0.25) is 0 Å². The number of esters is 1. The average molecular weight is 501 g/mol. The molecule has 0 bridgehead atoms. The van der Waals surface area contributed by atoms with Gasteiger partial charge in [0.15, 0.2) is 0 Å². The summed E-state index contributed by atoms with van der Waals surface area (Å²) >= 11 is 1.49. The van der Waals surface area contributed by atoms with Crippen LogP contribution in [0.15, 0.2) is 52.4 Å². The SMILES string of the molecule is CCOC(=O)C1=C(CN2CCN(C(=O)c3cccc(F)c3)C(C)C2)N(C)C(=O)NC1c1ccsc1. The third-order valence-electron chi connectivity index (χ3n) is 6.37. The Labute approximate surface area is 207 Å². The Balaban J connectivity index is 1.57. The highest BCUT2D eigenvalue weighted by Gasteiger charge is 2.38. The predicted molar refractivity (Wildman–Crippen MR) is 130 cm³/mol. The van der Waals surface area contributed by atoms with E-state index in [1.807, 2.05) is 23.8 Å². The number of carbonyl (C=O) groups is 3. The molecular formula is C25H29FN4O4S. The minimum Gasteiger partial charge on any atom is -0.463 e. The van der Waals surface area contributed by atoms with E-state index < -0.39 is 17.8 Å². The molecule has 4 rings (SSSR count). The van der Waals surface area contributed by atoms with Gasteiger partial charge in [-0.3, -0.25) is 14.6 Å². The minimum absolute atomic E-state index is 0.137. The lowest BCUT2D eigenvalue weighted by Crippen LogP contribution is -2.56. The fourth-order valence-corrected chi connectivity index (χ4v) is 5.25. The van der Waals surface area contributed by atoms with Gasteiger partial charge in [-0.1, -0.05) is 6.07 Å². The van der Waals surface area contributed by atoms with E-state index in [9.17, 15) is 18.8 Å². The first-order valence-electron chi connectivity index (χ1n) is 11.6. The van der Waals surface area contributed by atoms with Crippen molar-refractivity contribution in [2.75, 3.05) is 39.8 Å². The summed E-state index contributed by atoms with van der Waals surface area (Å²) in [7, 11) is 1.64. The molecule has 1 fully saturated rings. The van der Waals surface area contributed by atoms with Crippen molar-refractivity contribution in [3.63, 3.8) is 0 Å². The topological polar surface area (TPSA) is 82.2 Å². The van der Waals surface area contributed by atoms with Crippen LogP contribution in [0.1, 0.15) is 35.8 Å². The van der Waals surface area contributed by atoms with Crippen molar-refractivity contribution >= 4 is 29.2 Å². The van der Waals surface area contributed by atoms with Crippen LogP contribution in [0.3, 0.4) is 0 Å². The molecule has 3 amide bonds. The summed E-state index contributed by atoms with van der Waals surface area (Å²) in [6.45, 7) is 5.80. The second kappa shape index (κ2) is 10.6. The fourth-order valence-electron chi connectivity index (χ4n) is 4.56. The maximum atomic E-state index is 13.6. The summed E-state index contributed by atoms with van der Waals surface area (Å²) in [4.78, 5) is 44.1. The molecule has 0 aliphatic carbocycles. The van der Waals surface area contributed by atoms with Crippen LogP contribution in [-0.4, -0.2) is 78.5 Å². The molecular weight excluding hydrogens is 471 g/mol. The van der Waals surface area contributed by atoms with Gasteiger partial charge in [-0.05, 0) is 54.4 Å². The lowest BCUT2D eigenvalue weighted by atomic mass is 9.96. The number of piperazine rings is 1. The average Bonchev–Trinajstić information content (AvgIpc) is 3.36. The number of nitrogens with zero attached hydrogens (tertiary/aromatic N) is 3. The number of thiophene rings is 1. The molecule has 0 radical (unpaired) electrons. The molecule has 35 heavy (non-hydrogen) atoms. The summed E-state index contributed by atoms with van der Waals surface area (Å²) < 4.78 is 19.0. The van der Waals surface area contributed by atoms with Crippen LogP contribution >= 0.6 is 11.3 Å². The zero-order chi connectivity index (χ0) is 25.1. The Morgan fingerprint density at radius 3 is 2.71 bits per heavy atom. The number of urea groups is 1. The molecule has 2 unspecified atom stereocenters. The Morgan fingerprint density at radius 2 is 2.06 bits per heavy atom. The second-order valence-electron chi connectivity index (χ2n) is 8.67. The number of hydrogen-bond donors (Lipinski definition) is 1. The van der Waals surface area contributed by atoms with Gasteiger partial charge in [0, 0.05) is 50.5 Å². The molecule has 3 heterocycles. The molecule has 1 N–H and O–H groups in total. The lowest BCUT2D eigenvalue weighted by molar-refractivity contribution is -0.139. The van der Waals surface area contributed by atoms with Crippen molar-refractivity contribution in [3.8, 4) is 0 Å². The fraction of sp³-hybridized carbons (Fsp3) is 0.400. The number of amides is 3. The maximum Gasteiger partial charge on any atom is 0.338 e. The van der Waals surface area contributed by atoms with E-state index in [2.05, 4.69) is 10.2 Å². The lowest BCUT2D eigenvalue weighted by Gasteiger charge is -2.42. The molecule has 2 aliphatic heterocycles. The molecule has 10 heteroatoms. The summed E-state index contributed by atoms with van der Waals surface area (Å²) in [5, 5.41) is 6.72. The van der Waals surface area contributed by atoms with Crippen molar-refractivity contribution < 1.29 is 23.5 Å². The molecule has 0 saturated carbocycles. The number of benzene rings is 1. The van der Waals surface area contributed by atoms with Crippen molar-refractivity contribution in [3.05, 3.63) is 69.3 Å². The standard InChI is InChI=1S/C25H29FN4O4S/c1-4-34-24(32)21-20(28(3)25(33)27-22(21)18-8-11-35-15-18)14-29-9-10-30(16(2)13-29)23(31)17-6-5-7-19(26)12-17/h5-8,11-12,15-16,22H,4,9-10,13-14H2,1-3H3,(H,27,33). The van der Waals surface area contributed by atoms with E-state index in [1.54, 1.807) is 24.9 Å². The highest BCUT2D eigenvalue weighted by Crippen LogP contribution is 2.32. The molecule has 1 aromatic carbocycles. The van der Waals surface area contributed by atoms with Crippen LogP contribution < -0.4 is 5.32 Å². The monoisotopic (exact) mass is 500 g/mol. The minimum atomic E-state index is -0.590. The Hall–Kier alpha value is -3.24. The van der Waals surface area contributed by atoms with Gasteiger partial charge in [0.25, 0.3) is 5.91 Å². The normalized spacial score (nSPS) is 21.2. The van der Waals surface area contributed by atoms with Crippen LogP contribution in [-0.2, 0) is 9.53 Å². The quantitative estimate of drug-likeness (QED) is 0.616. The molecule has 186 valence electrons. The summed E-state index contributed by atoms with van der Waals surface area (Å²) in [5.41, 5.74) is 2.15. The first kappa shape index (κ1) is 24.9. The van der Waals surface area contributed by atoms with Crippen molar-refractivity contribution in [1.29, 1.82) is 0 Å². The molecule has 2 aromatic rings. The van der Waals surface area contributed by atoms with Gasteiger partial charge < -0.3 is 15.0 Å². The Morgan fingerprint density at radius 1 is 1.26 bits per heavy atom. The largest absolute Gasteiger partial charge is 0.463 e. The molecule has 1 saturated heterocycles.